The molecule has 0 atom stereocenters. The van der Waals surface area contributed by atoms with Gasteiger partial charge in [-0.3, -0.25) is 0 Å². The third-order valence-electron chi connectivity index (χ3n) is 2.17. The van der Waals surface area contributed by atoms with E-state index in [4.69, 9.17) is 16.9 Å². The van der Waals surface area contributed by atoms with E-state index in [9.17, 15) is 4.39 Å². The van der Waals surface area contributed by atoms with E-state index in [1.807, 2.05) is 6.07 Å². The van der Waals surface area contributed by atoms with Crippen molar-refractivity contribution in [2.24, 2.45) is 0 Å². The monoisotopic (exact) mass is 252 g/mol. The molecule has 0 unspecified atom stereocenters. The van der Waals surface area contributed by atoms with Gasteiger partial charge in [-0.15, -0.1) is 11.3 Å². The maximum Gasteiger partial charge on any atom is 0.132 e. The summed E-state index contributed by atoms with van der Waals surface area (Å²) in [6, 6.07) is 4.86. The van der Waals surface area contributed by atoms with Gasteiger partial charge < -0.3 is 0 Å². The van der Waals surface area contributed by atoms with Crippen LogP contribution in [0.25, 0.3) is 11.3 Å². The van der Waals surface area contributed by atoms with Crippen LogP contribution in [-0.2, 0) is 0 Å². The average Bonchev–Trinajstić information content (AvgIpc) is 2.71. The Kier molecular flexibility index (Phi) is 2.90. The highest BCUT2D eigenvalue weighted by Crippen LogP contribution is 2.32. The Bertz CT molecular complexity index is 586. The molecule has 0 amide bonds. The van der Waals surface area contributed by atoms with Crippen LogP contribution in [0.1, 0.15) is 10.4 Å². The number of hydrogen-bond acceptors (Lipinski definition) is 3. The van der Waals surface area contributed by atoms with Crippen molar-refractivity contribution in [3.63, 3.8) is 0 Å². The van der Waals surface area contributed by atoms with Crippen LogP contribution in [0.3, 0.4) is 0 Å². The third-order valence-corrected chi connectivity index (χ3v) is 3.22. The van der Waals surface area contributed by atoms with Crippen molar-refractivity contribution in [2.75, 3.05) is 0 Å². The van der Waals surface area contributed by atoms with Gasteiger partial charge in [0.15, 0.2) is 0 Å². The van der Waals surface area contributed by atoms with E-state index in [0.29, 0.717) is 26.7 Å². The number of nitrogens with zero attached hydrogens (tertiary/aromatic N) is 2. The summed E-state index contributed by atoms with van der Waals surface area (Å²) in [5.41, 5.74) is 2.92. The molecular formula is C11H6ClFN2S. The first-order chi connectivity index (χ1) is 7.63. The zero-order valence-corrected chi connectivity index (χ0v) is 9.86. The lowest BCUT2D eigenvalue weighted by atomic mass is 10.1. The van der Waals surface area contributed by atoms with Gasteiger partial charge in [-0.2, -0.15) is 5.26 Å². The van der Waals surface area contributed by atoms with Crippen molar-refractivity contribution < 1.29 is 4.39 Å². The summed E-state index contributed by atoms with van der Waals surface area (Å²) in [6.45, 7) is 1.64. The summed E-state index contributed by atoms with van der Waals surface area (Å²) in [7, 11) is 0. The second-order valence-electron chi connectivity index (χ2n) is 3.22. The lowest BCUT2D eigenvalue weighted by molar-refractivity contribution is 0.619. The highest BCUT2D eigenvalue weighted by Gasteiger charge is 2.14. The van der Waals surface area contributed by atoms with Crippen LogP contribution in [0.4, 0.5) is 4.39 Å². The fraction of sp³-hybridized carbons (Fsp3) is 0.0909. The molecular weight excluding hydrogens is 247 g/mol. The van der Waals surface area contributed by atoms with Crippen molar-refractivity contribution in [1.29, 1.82) is 5.26 Å². The van der Waals surface area contributed by atoms with E-state index in [0.717, 1.165) is 0 Å². The van der Waals surface area contributed by atoms with E-state index >= 15 is 0 Å². The summed E-state index contributed by atoms with van der Waals surface area (Å²) in [4.78, 5) is 4.47. The normalized spacial score (nSPS) is 10.1. The minimum absolute atomic E-state index is 0.351. The molecule has 0 bridgehead atoms. The Morgan fingerprint density at radius 3 is 2.94 bits per heavy atom. The Hall–Kier alpha value is -1.44. The van der Waals surface area contributed by atoms with Crippen LogP contribution in [0.15, 0.2) is 17.6 Å². The van der Waals surface area contributed by atoms with Gasteiger partial charge in [-0.25, -0.2) is 9.37 Å². The first-order valence-corrected chi connectivity index (χ1v) is 5.69. The predicted molar refractivity (Wildman–Crippen MR) is 62.0 cm³/mol. The molecule has 0 radical (unpaired) electrons. The average molecular weight is 253 g/mol. The zero-order valence-electron chi connectivity index (χ0n) is 8.29. The first-order valence-electron chi connectivity index (χ1n) is 4.43. The molecule has 0 saturated carbocycles. The predicted octanol–water partition coefficient (Wildman–Crippen LogP) is 3.78. The Labute approximate surface area is 101 Å². The van der Waals surface area contributed by atoms with Gasteiger partial charge in [0.25, 0.3) is 0 Å². The largest absolute Gasteiger partial charge is 0.243 e. The molecule has 16 heavy (non-hydrogen) atoms. The number of aryl methyl sites for hydroxylation is 1. The number of rotatable bonds is 1. The van der Waals surface area contributed by atoms with Crippen molar-refractivity contribution in [3.05, 3.63) is 38.9 Å². The number of halogens is 2. The lowest BCUT2D eigenvalue weighted by Gasteiger charge is -2.04. The van der Waals surface area contributed by atoms with E-state index in [-0.39, 0.29) is 5.82 Å². The number of nitriles is 1. The second-order valence-corrected chi connectivity index (χ2v) is 4.49. The molecule has 0 aliphatic carbocycles. The van der Waals surface area contributed by atoms with Crippen molar-refractivity contribution in [3.8, 4) is 17.3 Å². The van der Waals surface area contributed by atoms with Gasteiger partial charge in [-0.1, -0.05) is 11.6 Å². The van der Waals surface area contributed by atoms with Gasteiger partial charge in [0.2, 0.25) is 0 Å². The maximum atomic E-state index is 13.4. The van der Waals surface area contributed by atoms with Gasteiger partial charge >= 0.3 is 0 Å². The standard InChI is InChI=1S/C11H6ClFN2S/c1-6-2-8(12)7(3-9(6)13)11-10(4-14)16-5-15-11/h2-3,5H,1H3. The summed E-state index contributed by atoms with van der Waals surface area (Å²) in [6.07, 6.45) is 0. The topological polar surface area (TPSA) is 36.7 Å². The molecule has 0 fully saturated rings. The number of aromatic nitrogens is 1. The first kappa shape index (κ1) is 11.1. The molecule has 2 rings (SSSR count). The Morgan fingerprint density at radius 1 is 1.50 bits per heavy atom. The molecule has 1 heterocycles. The highest BCUT2D eigenvalue weighted by atomic mass is 35.5. The van der Waals surface area contributed by atoms with E-state index in [1.165, 1.54) is 23.5 Å². The molecule has 0 spiro atoms. The van der Waals surface area contributed by atoms with Gasteiger partial charge in [0, 0.05) is 5.56 Å². The zero-order chi connectivity index (χ0) is 11.7. The summed E-state index contributed by atoms with van der Waals surface area (Å²) < 4.78 is 13.4. The van der Waals surface area contributed by atoms with Crippen LogP contribution in [0.2, 0.25) is 5.02 Å². The molecule has 1 aromatic carbocycles. The Balaban J connectivity index is 2.66. The van der Waals surface area contributed by atoms with Crippen LogP contribution in [0.5, 0.6) is 0 Å². The minimum atomic E-state index is -0.351. The number of hydrogen-bond donors (Lipinski definition) is 0. The SMILES string of the molecule is Cc1cc(Cl)c(-c2ncsc2C#N)cc1F. The van der Waals surface area contributed by atoms with Crippen molar-refractivity contribution in [1.82, 2.24) is 4.98 Å². The molecule has 0 saturated heterocycles. The summed E-state index contributed by atoms with van der Waals surface area (Å²) >= 11 is 7.22. The molecule has 2 aromatic rings. The maximum absolute atomic E-state index is 13.4. The second kappa shape index (κ2) is 4.20. The third kappa shape index (κ3) is 1.80. The molecule has 0 aliphatic rings. The minimum Gasteiger partial charge on any atom is -0.243 e. The van der Waals surface area contributed by atoms with E-state index in [2.05, 4.69) is 4.98 Å². The molecule has 5 heteroatoms. The highest BCUT2D eigenvalue weighted by molar-refractivity contribution is 7.10. The molecule has 80 valence electrons. The summed E-state index contributed by atoms with van der Waals surface area (Å²) in [5, 5.41) is 9.27. The van der Waals surface area contributed by atoms with Crippen molar-refractivity contribution in [2.45, 2.75) is 6.92 Å². The van der Waals surface area contributed by atoms with Crippen LogP contribution < -0.4 is 0 Å². The van der Waals surface area contributed by atoms with Crippen LogP contribution >= 0.6 is 22.9 Å². The summed E-state index contributed by atoms with van der Waals surface area (Å²) in [5.74, 6) is -0.351. The van der Waals surface area contributed by atoms with Gasteiger partial charge in [0.1, 0.15) is 22.5 Å². The van der Waals surface area contributed by atoms with Crippen LogP contribution in [0, 0.1) is 24.1 Å². The number of benzene rings is 1. The lowest BCUT2D eigenvalue weighted by Crippen LogP contribution is -1.88. The van der Waals surface area contributed by atoms with Gasteiger partial charge in [0.05, 0.1) is 10.5 Å². The van der Waals surface area contributed by atoms with Crippen molar-refractivity contribution >= 4 is 22.9 Å². The molecule has 2 nitrogen and oxygen atoms in total. The fourth-order valence-corrected chi connectivity index (χ4v) is 2.24. The molecule has 0 aliphatic heterocycles. The smallest absolute Gasteiger partial charge is 0.132 e. The van der Waals surface area contributed by atoms with E-state index in [1.54, 1.807) is 12.4 Å². The Morgan fingerprint density at radius 2 is 2.25 bits per heavy atom. The number of thiazole rings is 1. The quantitative estimate of drug-likeness (QED) is 0.774. The molecule has 1 aromatic heterocycles. The van der Waals surface area contributed by atoms with Crippen LogP contribution in [-0.4, -0.2) is 4.98 Å². The van der Waals surface area contributed by atoms with E-state index < -0.39 is 0 Å². The van der Waals surface area contributed by atoms with Gasteiger partial charge in [-0.05, 0) is 24.6 Å². The fourth-order valence-electron chi connectivity index (χ4n) is 1.35. The molecule has 0 N–H and O–H groups in total.